The van der Waals surface area contributed by atoms with Crippen LogP contribution in [0.15, 0.2) is 53.2 Å². The van der Waals surface area contributed by atoms with Gasteiger partial charge in [-0.2, -0.15) is 0 Å². The van der Waals surface area contributed by atoms with Crippen molar-refractivity contribution >= 4 is 11.8 Å². The van der Waals surface area contributed by atoms with Crippen molar-refractivity contribution in [2.45, 2.75) is 38.3 Å². The van der Waals surface area contributed by atoms with Crippen molar-refractivity contribution < 1.29 is 22.9 Å². The standard InChI is InChI=1S/C27H29F2N5O3/c1-16(22-4-2-3-10-30-22)31-26(35)20-15-34(14-17-5-6-17)11-9-23(20)32-27(36)25-13-24(33-37-25)19-8-7-18(28)12-21(19)29/h2-4,7-8,10,12-13,16-17,20,23H,5-6,9,11,14-15H2,1H3,(H,31,35)(H,32,36)/t16-,20+,23+/m1/s1. The van der Waals surface area contributed by atoms with Gasteiger partial charge in [0.2, 0.25) is 11.7 Å². The number of carbonyl (C=O) groups is 2. The number of benzene rings is 1. The molecular formula is C27H29F2N5O3. The highest BCUT2D eigenvalue weighted by Crippen LogP contribution is 2.31. The van der Waals surface area contributed by atoms with E-state index in [1.165, 1.54) is 25.0 Å². The second-order valence-corrected chi connectivity index (χ2v) is 9.86. The molecule has 1 aromatic carbocycles. The normalized spacial score (nSPS) is 20.8. The summed E-state index contributed by atoms with van der Waals surface area (Å²) in [4.78, 5) is 33.0. The van der Waals surface area contributed by atoms with Crippen LogP contribution < -0.4 is 10.6 Å². The van der Waals surface area contributed by atoms with Crippen molar-refractivity contribution in [3.05, 3.63) is 71.8 Å². The second kappa shape index (κ2) is 10.8. The number of carbonyl (C=O) groups excluding carboxylic acids is 2. The molecule has 8 nitrogen and oxygen atoms in total. The Morgan fingerprint density at radius 2 is 2.00 bits per heavy atom. The minimum absolute atomic E-state index is 0.0262. The minimum atomic E-state index is -0.804. The summed E-state index contributed by atoms with van der Waals surface area (Å²) < 4.78 is 32.6. The number of hydrogen-bond donors (Lipinski definition) is 2. The van der Waals surface area contributed by atoms with E-state index in [0.717, 1.165) is 30.9 Å². The lowest BCUT2D eigenvalue weighted by atomic mass is 9.90. The summed E-state index contributed by atoms with van der Waals surface area (Å²) in [5, 5.41) is 9.75. The second-order valence-electron chi connectivity index (χ2n) is 9.86. The average molecular weight is 510 g/mol. The van der Waals surface area contributed by atoms with Crippen molar-refractivity contribution in [2.75, 3.05) is 19.6 Å². The van der Waals surface area contributed by atoms with Gasteiger partial charge >= 0.3 is 0 Å². The topological polar surface area (TPSA) is 100 Å². The van der Waals surface area contributed by atoms with E-state index in [1.54, 1.807) is 6.20 Å². The van der Waals surface area contributed by atoms with Crippen molar-refractivity contribution in [3.63, 3.8) is 0 Å². The predicted octanol–water partition coefficient (Wildman–Crippen LogP) is 3.72. The summed E-state index contributed by atoms with van der Waals surface area (Å²) in [5.74, 6) is -2.12. The number of amides is 2. The highest BCUT2D eigenvalue weighted by Gasteiger charge is 2.38. The number of nitrogens with zero attached hydrogens (tertiary/aromatic N) is 3. The summed E-state index contributed by atoms with van der Waals surface area (Å²) in [6.07, 6.45) is 4.71. The first-order chi connectivity index (χ1) is 17.9. The maximum Gasteiger partial charge on any atom is 0.290 e. The largest absolute Gasteiger partial charge is 0.350 e. The predicted molar refractivity (Wildman–Crippen MR) is 131 cm³/mol. The van der Waals surface area contributed by atoms with Crippen LogP contribution in [0.4, 0.5) is 8.78 Å². The number of rotatable bonds is 8. The molecule has 1 saturated carbocycles. The third kappa shape index (κ3) is 6.02. The molecular weight excluding hydrogens is 480 g/mol. The molecule has 3 atom stereocenters. The number of halogens is 2. The molecule has 2 aromatic heterocycles. The first-order valence-corrected chi connectivity index (χ1v) is 12.5. The van der Waals surface area contributed by atoms with E-state index in [1.807, 2.05) is 25.1 Å². The molecule has 5 rings (SSSR count). The van der Waals surface area contributed by atoms with Crippen molar-refractivity contribution in [1.82, 2.24) is 25.7 Å². The molecule has 10 heteroatoms. The Morgan fingerprint density at radius 3 is 2.73 bits per heavy atom. The monoisotopic (exact) mass is 509 g/mol. The van der Waals surface area contributed by atoms with Gasteiger partial charge in [-0.15, -0.1) is 0 Å². The van der Waals surface area contributed by atoms with Crippen molar-refractivity contribution in [1.29, 1.82) is 0 Å². The third-order valence-corrected chi connectivity index (χ3v) is 6.99. The maximum absolute atomic E-state index is 14.1. The quantitative estimate of drug-likeness (QED) is 0.480. The number of pyridine rings is 1. The number of hydrogen-bond acceptors (Lipinski definition) is 6. The summed E-state index contributed by atoms with van der Waals surface area (Å²) in [6, 6.07) is 9.24. The summed E-state index contributed by atoms with van der Waals surface area (Å²) in [7, 11) is 0. The fourth-order valence-corrected chi connectivity index (χ4v) is 4.76. The summed E-state index contributed by atoms with van der Waals surface area (Å²) in [6.45, 7) is 4.13. The van der Waals surface area contributed by atoms with E-state index in [9.17, 15) is 18.4 Å². The number of piperidine rings is 1. The van der Waals surface area contributed by atoms with Crippen LogP contribution in [-0.2, 0) is 4.79 Å². The molecule has 3 aromatic rings. The lowest BCUT2D eigenvalue weighted by molar-refractivity contribution is -0.128. The molecule has 0 bridgehead atoms. The van der Waals surface area contributed by atoms with E-state index in [4.69, 9.17) is 4.52 Å². The van der Waals surface area contributed by atoms with E-state index < -0.39 is 29.5 Å². The Morgan fingerprint density at radius 1 is 1.16 bits per heavy atom. The van der Waals surface area contributed by atoms with Gasteiger partial charge in [-0.05, 0) is 56.4 Å². The lowest BCUT2D eigenvalue weighted by Crippen LogP contribution is -2.56. The van der Waals surface area contributed by atoms with Crippen LogP contribution in [0.1, 0.15) is 48.5 Å². The zero-order chi connectivity index (χ0) is 25.9. The molecule has 194 valence electrons. The molecule has 1 saturated heterocycles. The average Bonchev–Trinajstić information content (AvgIpc) is 3.57. The van der Waals surface area contributed by atoms with E-state index in [0.29, 0.717) is 18.9 Å². The van der Waals surface area contributed by atoms with Crippen LogP contribution in [0.25, 0.3) is 11.3 Å². The highest BCUT2D eigenvalue weighted by atomic mass is 19.1. The molecule has 37 heavy (non-hydrogen) atoms. The van der Waals surface area contributed by atoms with Gasteiger partial charge in [-0.25, -0.2) is 8.78 Å². The zero-order valence-electron chi connectivity index (χ0n) is 20.5. The number of nitrogens with one attached hydrogen (secondary N) is 2. The number of aromatic nitrogens is 2. The Labute approximate surface area is 213 Å². The fourth-order valence-electron chi connectivity index (χ4n) is 4.76. The van der Waals surface area contributed by atoms with Crippen LogP contribution in [0.5, 0.6) is 0 Å². The lowest BCUT2D eigenvalue weighted by Gasteiger charge is -2.38. The van der Waals surface area contributed by atoms with Gasteiger partial charge in [0.05, 0.1) is 17.7 Å². The van der Waals surface area contributed by atoms with Gasteiger partial charge in [0.15, 0.2) is 0 Å². The third-order valence-electron chi connectivity index (χ3n) is 6.99. The van der Waals surface area contributed by atoms with Crippen LogP contribution in [0.3, 0.4) is 0 Å². The first-order valence-electron chi connectivity index (χ1n) is 12.5. The van der Waals surface area contributed by atoms with Crippen LogP contribution in [0, 0.1) is 23.5 Å². The van der Waals surface area contributed by atoms with Crippen LogP contribution >= 0.6 is 0 Å². The van der Waals surface area contributed by atoms with Crippen LogP contribution in [-0.4, -0.2) is 52.5 Å². The molecule has 2 fully saturated rings. The molecule has 0 radical (unpaired) electrons. The minimum Gasteiger partial charge on any atom is -0.350 e. The van der Waals surface area contributed by atoms with E-state index in [-0.39, 0.29) is 29.0 Å². The highest BCUT2D eigenvalue weighted by molar-refractivity contribution is 5.93. The molecule has 0 spiro atoms. The molecule has 2 amide bonds. The molecule has 2 N–H and O–H groups in total. The van der Waals surface area contributed by atoms with Gasteiger partial charge in [0.1, 0.15) is 17.3 Å². The Kier molecular flexibility index (Phi) is 7.27. The summed E-state index contributed by atoms with van der Waals surface area (Å²) >= 11 is 0. The van der Waals surface area contributed by atoms with Crippen molar-refractivity contribution in [2.24, 2.45) is 11.8 Å². The molecule has 2 aliphatic rings. The zero-order valence-corrected chi connectivity index (χ0v) is 20.5. The number of likely N-dealkylation sites (tertiary alicyclic amines) is 1. The fraction of sp³-hybridized carbons (Fsp3) is 0.407. The molecule has 0 unspecified atom stereocenters. The SMILES string of the molecule is C[C@@H](NC(=O)[C@H]1CN(CC2CC2)CC[C@@H]1NC(=O)c1cc(-c2ccc(F)cc2F)no1)c1ccccn1. The molecule has 3 heterocycles. The maximum atomic E-state index is 14.1. The van der Waals surface area contributed by atoms with Gasteiger partial charge in [0, 0.05) is 49.6 Å². The molecule has 1 aliphatic carbocycles. The van der Waals surface area contributed by atoms with E-state index >= 15 is 0 Å². The van der Waals surface area contributed by atoms with Gasteiger partial charge in [-0.1, -0.05) is 11.2 Å². The van der Waals surface area contributed by atoms with Gasteiger partial charge < -0.3 is 20.1 Å². The van der Waals surface area contributed by atoms with Crippen molar-refractivity contribution in [3.8, 4) is 11.3 Å². The van der Waals surface area contributed by atoms with Gasteiger partial charge in [0.25, 0.3) is 5.91 Å². The van der Waals surface area contributed by atoms with E-state index in [2.05, 4.69) is 25.7 Å². The Bertz CT molecular complexity index is 1260. The van der Waals surface area contributed by atoms with Gasteiger partial charge in [-0.3, -0.25) is 14.6 Å². The first kappa shape index (κ1) is 25.0. The molecule has 1 aliphatic heterocycles. The Balaban J connectivity index is 1.29. The Hall–Kier alpha value is -3.66. The summed E-state index contributed by atoms with van der Waals surface area (Å²) in [5.41, 5.74) is 0.864. The smallest absolute Gasteiger partial charge is 0.290 e. The van der Waals surface area contributed by atoms with Crippen LogP contribution in [0.2, 0.25) is 0 Å².